The van der Waals surface area contributed by atoms with Crippen molar-refractivity contribution in [2.75, 3.05) is 42.5 Å². The largest absolute Gasteiger partial charge is 0.364 e. The number of carbonyl (C=O) groups is 1. The van der Waals surface area contributed by atoms with Gasteiger partial charge < -0.3 is 14.7 Å². The summed E-state index contributed by atoms with van der Waals surface area (Å²) in [6.45, 7) is 6.85. The lowest BCUT2D eigenvalue weighted by atomic mass is 9.89. The van der Waals surface area contributed by atoms with E-state index >= 15 is 0 Å². The number of hydrogen-bond donors (Lipinski definition) is 0. The number of pyridine rings is 1. The van der Waals surface area contributed by atoms with Gasteiger partial charge in [-0.05, 0) is 49.1 Å². The van der Waals surface area contributed by atoms with Gasteiger partial charge in [0.25, 0.3) is 0 Å². The van der Waals surface area contributed by atoms with E-state index in [0.717, 1.165) is 56.8 Å². The number of benzene rings is 2. The van der Waals surface area contributed by atoms with E-state index in [0.29, 0.717) is 12.0 Å². The molecule has 0 aliphatic carbocycles. The lowest BCUT2D eigenvalue weighted by molar-refractivity contribution is -0.116. The van der Waals surface area contributed by atoms with Gasteiger partial charge in [-0.2, -0.15) is 0 Å². The Kier molecular flexibility index (Phi) is 4.87. The normalized spacial score (nSPS) is 22.2. The number of fused-ring (bicyclic) bond motifs is 4. The highest BCUT2D eigenvalue weighted by molar-refractivity contribution is 5.98. The number of para-hydroxylation sites is 2. The zero-order valence-corrected chi connectivity index (χ0v) is 18.7. The molecule has 0 N–H and O–H groups in total. The van der Waals surface area contributed by atoms with Gasteiger partial charge >= 0.3 is 0 Å². The van der Waals surface area contributed by atoms with Crippen LogP contribution < -0.4 is 9.80 Å². The number of aryl methyl sites for hydroxylation is 1. The SMILES string of the molecule is CC(=O)N1CCN2c3c(cccc31)[C@@H]1CN(CCCc3cccc4cccnc34)CC[C@@H]12. The van der Waals surface area contributed by atoms with Gasteiger partial charge in [0.1, 0.15) is 0 Å². The predicted molar refractivity (Wildman–Crippen MR) is 129 cm³/mol. The van der Waals surface area contributed by atoms with E-state index < -0.39 is 0 Å². The van der Waals surface area contributed by atoms with Crippen molar-refractivity contribution < 1.29 is 4.79 Å². The molecule has 164 valence electrons. The van der Waals surface area contributed by atoms with Crippen LogP contribution in [-0.4, -0.2) is 54.6 Å². The van der Waals surface area contributed by atoms with E-state index in [1.54, 1.807) is 6.92 Å². The molecule has 2 atom stereocenters. The summed E-state index contributed by atoms with van der Waals surface area (Å²) in [4.78, 5) is 24.0. The first kappa shape index (κ1) is 19.7. The molecule has 1 amide bonds. The molecule has 6 rings (SSSR count). The monoisotopic (exact) mass is 426 g/mol. The Bertz CT molecular complexity index is 1170. The Hall–Kier alpha value is -2.92. The lowest BCUT2D eigenvalue weighted by Crippen LogP contribution is -2.50. The Balaban J connectivity index is 1.16. The van der Waals surface area contributed by atoms with E-state index in [4.69, 9.17) is 0 Å². The molecule has 3 aliphatic rings. The van der Waals surface area contributed by atoms with Crippen LogP contribution in [0.25, 0.3) is 10.9 Å². The Labute approximate surface area is 189 Å². The van der Waals surface area contributed by atoms with Gasteiger partial charge in [-0.1, -0.05) is 36.4 Å². The molecule has 4 heterocycles. The van der Waals surface area contributed by atoms with Crippen molar-refractivity contribution in [1.82, 2.24) is 9.88 Å². The van der Waals surface area contributed by atoms with Gasteiger partial charge in [0.15, 0.2) is 0 Å². The molecule has 3 aliphatic heterocycles. The average Bonchev–Trinajstić information content (AvgIpc) is 3.14. The highest BCUT2D eigenvalue weighted by Crippen LogP contribution is 2.50. The van der Waals surface area contributed by atoms with Crippen molar-refractivity contribution in [2.24, 2.45) is 0 Å². The molecule has 5 nitrogen and oxygen atoms in total. The van der Waals surface area contributed by atoms with Crippen LogP contribution in [-0.2, 0) is 11.2 Å². The molecule has 1 aromatic heterocycles. The van der Waals surface area contributed by atoms with Crippen LogP contribution >= 0.6 is 0 Å². The first-order chi connectivity index (χ1) is 15.7. The standard InChI is InChI=1S/C27H30N4O/c1-19(32)30-16-17-31-24-12-15-29(18-23(24)22-10-3-11-25(30)27(22)31)14-5-9-21-7-2-6-20-8-4-13-28-26(20)21/h2-4,6-8,10-11,13,23-24H,5,9,12,14-18H2,1H3/t23-,24-/m0/s1. The fraction of sp³-hybridized carbons (Fsp3) is 0.407. The molecule has 3 aromatic rings. The van der Waals surface area contributed by atoms with Crippen molar-refractivity contribution in [1.29, 1.82) is 0 Å². The van der Waals surface area contributed by atoms with Gasteiger partial charge in [-0.15, -0.1) is 0 Å². The molecule has 0 saturated carbocycles. The molecular weight excluding hydrogens is 396 g/mol. The smallest absolute Gasteiger partial charge is 0.223 e. The molecule has 0 spiro atoms. The van der Waals surface area contributed by atoms with Gasteiger partial charge in [0, 0.05) is 56.6 Å². The quantitative estimate of drug-likeness (QED) is 0.627. The van der Waals surface area contributed by atoms with Gasteiger partial charge in [0.05, 0.1) is 16.9 Å². The lowest BCUT2D eigenvalue weighted by Gasteiger charge is -2.41. The summed E-state index contributed by atoms with van der Waals surface area (Å²) < 4.78 is 0. The maximum absolute atomic E-state index is 12.2. The summed E-state index contributed by atoms with van der Waals surface area (Å²) >= 11 is 0. The number of rotatable bonds is 4. The van der Waals surface area contributed by atoms with Gasteiger partial charge in [0.2, 0.25) is 5.91 Å². The summed E-state index contributed by atoms with van der Waals surface area (Å²) in [6.07, 6.45) is 5.32. The summed E-state index contributed by atoms with van der Waals surface area (Å²) in [7, 11) is 0. The van der Waals surface area contributed by atoms with Crippen LogP contribution in [0.4, 0.5) is 11.4 Å². The van der Waals surface area contributed by atoms with Crippen LogP contribution in [0.15, 0.2) is 54.7 Å². The molecule has 1 saturated heterocycles. The molecular formula is C27H30N4O. The zero-order valence-electron chi connectivity index (χ0n) is 18.7. The van der Waals surface area contributed by atoms with Crippen LogP contribution in [0.1, 0.15) is 36.8 Å². The number of aromatic nitrogens is 1. The Morgan fingerprint density at radius 3 is 2.84 bits per heavy atom. The van der Waals surface area contributed by atoms with Gasteiger partial charge in [-0.25, -0.2) is 0 Å². The number of amides is 1. The molecule has 1 fully saturated rings. The summed E-state index contributed by atoms with van der Waals surface area (Å²) in [5, 5.41) is 1.23. The molecule has 0 radical (unpaired) electrons. The maximum Gasteiger partial charge on any atom is 0.223 e. The number of likely N-dealkylation sites (tertiary alicyclic amines) is 1. The summed E-state index contributed by atoms with van der Waals surface area (Å²) in [5.41, 5.74) is 6.39. The minimum atomic E-state index is 0.150. The molecule has 0 unspecified atom stereocenters. The molecule has 5 heteroatoms. The highest BCUT2D eigenvalue weighted by Gasteiger charge is 2.45. The zero-order chi connectivity index (χ0) is 21.7. The first-order valence-corrected chi connectivity index (χ1v) is 11.9. The number of anilines is 2. The Morgan fingerprint density at radius 2 is 1.94 bits per heavy atom. The van der Waals surface area contributed by atoms with Crippen molar-refractivity contribution >= 4 is 28.2 Å². The second kappa shape index (κ2) is 7.89. The van der Waals surface area contributed by atoms with Crippen LogP contribution in [0.5, 0.6) is 0 Å². The van der Waals surface area contributed by atoms with E-state index in [9.17, 15) is 4.79 Å². The predicted octanol–water partition coefficient (Wildman–Crippen LogP) is 4.21. The number of piperidine rings is 1. The van der Waals surface area contributed by atoms with Gasteiger partial charge in [-0.3, -0.25) is 9.78 Å². The summed E-state index contributed by atoms with van der Waals surface area (Å²) in [6, 6.07) is 17.8. The highest BCUT2D eigenvalue weighted by atomic mass is 16.2. The van der Waals surface area contributed by atoms with E-state index in [1.807, 2.05) is 17.2 Å². The minimum Gasteiger partial charge on any atom is -0.364 e. The molecule has 2 aromatic carbocycles. The topological polar surface area (TPSA) is 39.7 Å². The second-order valence-corrected chi connectivity index (χ2v) is 9.44. The van der Waals surface area contributed by atoms with Crippen LogP contribution in [0.2, 0.25) is 0 Å². The van der Waals surface area contributed by atoms with E-state index in [1.165, 1.54) is 28.6 Å². The number of carbonyl (C=O) groups excluding carboxylic acids is 1. The Morgan fingerprint density at radius 1 is 1.06 bits per heavy atom. The third kappa shape index (κ3) is 3.18. The third-order valence-electron chi connectivity index (χ3n) is 7.67. The number of nitrogens with zero attached hydrogens (tertiary/aromatic N) is 4. The fourth-order valence-electron chi connectivity index (χ4n) is 6.23. The number of hydrogen-bond acceptors (Lipinski definition) is 4. The van der Waals surface area contributed by atoms with Crippen molar-refractivity contribution in [3.05, 3.63) is 65.9 Å². The van der Waals surface area contributed by atoms with Crippen molar-refractivity contribution in [3.63, 3.8) is 0 Å². The second-order valence-electron chi connectivity index (χ2n) is 9.44. The van der Waals surface area contributed by atoms with E-state index in [-0.39, 0.29) is 5.91 Å². The molecule has 0 bridgehead atoms. The van der Waals surface area contributed by atoms with Crippen LogP contribution in [0.3, 0.4) is 0 Å². The fourth-order valence-corrected chi connectivity index (χ4v) is 6.23. The molecule has 32 heavy (non-hydrogen) atoms. The maximum atomic E-state index is 12.2. The minimum absolute atomic E-state index is 0.150. The van der Waals surface area contributed by atoms with Crippen molar-refractivity contribution in [2.45, 2.75) is 38.1 Å². The van der Waals surface area contributed by atoms with E-state index in [2.05, 4.69) is 57.2 Å². The van der Waals surface area contributed by atoms with Crippen molar-refractivity contribution in [3.8, 4) is 0 Å². The van der Waals surface area contributed by atoms with Crippen LogP contribution in [0, 0.1) is 0 Å². The first-order valence-electron chi connectivity index (χ1n) is 11.9. The average molecular weight is 427 g/mol. The summed E-state index contributed by atoms with van der Waals surface area (Å²) in [5.74, 6) is 0.697. The third-order valence-corrected chi connectivity index (χ3v) is 7.67.